The molecule has 120 valence electrons. The summed E-state index contributed by atoms with van der Waals surface area (Å²) in [5.41, 5.74) is 1.18. The highest BCUT2D eigenvalue weighted by Crippen LogP contribution is 2.15. The minimum atomic E-state index is -0.291. The van der Waals surface area contributed by atoms with E-state index in [9.17, 15) is 5.11 Å². The van der Waals surface area contributed by atoms with E-state index in [4.69, 9.17) is 0 Å². The second-order valence-corrected chi connectivity index (χ2v) is 6.69. The van der Waals surface area contributed by atoms with Crippen LogP contribution in [0.2, 0.25) is 0 Å². The molecule has 0 amide bonds. The Bertz CT molecular complexity index is 412. The number of hydrogen-bond acceptors (Lipinski definition) is 4. The van der Waals surface area contributed by atoms with Gasteiger partial charge in [-0.3, -0.25) is 4.68 Å². The molecule has 1 aromatic heterocycles. The van der Waals surface area contributed by atoms with E-state index in [2.05, 4.69) is 29.2 Å². The summed E-state index contributed by atoms with van der Waals surface area (Å²) in [4.78, 5) is 2.38. The number of aromatic nitrogens is 2. The normalized spacial score (nSPS) is 20.6. The van der Waals surface area contributed by atoms with Crippen LogP contribution in [0.4, 0.5) is 0 Å². The molecule has 1 fully saturated rings. The lowest BCUT2D eigenvalue weighted by molar-refractivity contribution is 0.0887. The molecule has 2 N–H and O–H groups in total. The third kappa shape index (κ3) is 5.77. The Morgan fingerprint density at radius 1 is 1.38 bits per heavy atom. The van der Waals surface area contributed by atoms with Gasteiger partial charge >= 0.3 is 0 Å². The van der Waals surface area contributed by atoms with Crippen molar-refractivity contribution in [2.45, 2.75) is 52.3 Å². The molecule has 1 aliphatic heterocycles. The minimum Gasteiger partial charge on any atom is -0.390 e. The Labute approximate surface area is 128 Å². The van der Waals surface area contributed by atoms with Gasteiger partial charge in [0.1, 0.15) is 0 Å². The lowest BCUT2D eigenvalue weighted by atomic mass is 9.99. The number of piperidine rings is 1. The van der Waals surface area contributed by atoms with Crippen LogP contribution in [0.15, 0.2) is 12.4 Å². The molecule has 0 radical (unpaired) electrons. The number of aliphatic hydroxyl groups is 1. The Balaban J connectivity index is 1.62. The molecule has 1 aromatic rings. The van der Waals surface area contributed by atoms with E-state index >= 15 is 0 Å². The Kier molecular flexibility index (Phi) is 6.21. The van der Waals surface area contributed by atoms with Crippen LogP contribution in [0.25, 0.3) is 0 Å². The molecule has 0 aliphatic carbocycles. The zero-order valence-electron chi connectivity index (χ0n) is 13.6. The molecule has 0 saturated carbocycles. The molecule has 1 aliphatic rings. The largest absolute Gasteiger partial charge is 0.390 e. The smallest absolute Gasteiger partial charge is 0.0791 e. The van der Waals surface area contributed by atoms with E-state index in [0.717, 1.165) is 32.1 Å². The molecule has 1 saturated heterocycles. The van der Waals surface area contributed by atoms with E-state index in [1.807, 2.05) is 24.0 Å². The summed E-state index contributed by atoms with van der Waals surface area (Å²) in [6.45, 7) is 11.0. The van der Waals surface area contributed by atoms with Crippen molar-refractivity contribution in [3.05, 3.63) is 18.0 Å². The predicted molar refractivity (Wildman–Crippen MR) is 85.3 cm³/mol. The fraction of sp³-hybridized carbons (Fsp3) is 0.812. The van der Waals surface area contributed by atoms with Crippen molar-refractivity contribution in [2.75, 3.05) is 26.2 Å². The van der Waals surface area contributed by atoms with Crippen molar-refractivity contribution in [1.29, 1.82) is 0 Å². The van der Waals surface area contributed by atoms with Gasteiger partial charge in [0.2, 0.25) is 0 Å². The van der Waals surface area contributed by atoms with E-state index in [1.54, 1.807) is 0 Å². The highest BCUT2D eigenvalue weighted by atomic mass is 16.3. The van der Waals surface area contributed by atoms with E-state index in [-0.39, 0.29) is 6.10 Å². The highest BCUT2D eigenvalue weighted by Gasteiger charge is 2.18. The molecular weight excluding hydrogens is 264 g/mol. The molecule has 5 nitrogen and oxygen atoms in total. The molecule has 5 heteroatoms. The van der Waals surface area contributed by atoms with E-state index in [1.165, 1.54) is 18.4 Å². The quantitative estimate of drug-likeness (QED) is 0.795. The molecule has 0 unspecified atom stereocenters. The van der Waals surface area contributed by atoms with Crippen molar-refractivity contribution < 1.29 is 5.11 Å². The van der Waals surface area contributed by atoms with E-state index < -0.39 is 0 Å². The highest BCUT2D eigenvalue weighted by molar-refractivity contribution is 4.99. The number of aryl methyl sites for hydroxylation is 1. The first-order valence-electron chi connectivity index (χ1n) is 8.16. The number of nitrogens with zero attached hydrogens (tertiary/aromatic N) is 3. The third-order valence-corrected chi connectivity index (χ3v) is 4.27. The van der Waals surface area contributed by atoms with Crippen molar-refractivity contribution in [1.82, 2.24) is 20.0 Å². The van der Waals surface area contributed by atoms with Gasteiger partial charge in [-0.25, -0.2) is 0 Å². The van der Waals surface area contributed by atoms with Gasteiger partial charge in [-0.05, 0) is 51.3 Å². The van der Waals surface area contributed by atoms with Crippen molar-refractivity contribution >= 4 is 0 Å². The predicted octanol–water partition coefficient (Wildman–Crippen LogP) is 1.26. The maximum absolute atomic E-state index is 10.2. The average molecular weight is 294 g/mol. The molecular formula is C16H30N4O. The lowest BCUT2D eigenvalue weighted by Gasteiger charge is -2.32. The van der Waals surface area contributed by atoms with Crippen molar-refractivity contribution in [3.63, 3.8) is 0 Å². The fourth-order valence-electron chi connectivity index (χ4n) is 2.86. The fourth-order valence-corrected chi connectivity index (χ4v) is 2.86. The van der Waals surface area contributed by atoms with Gasteiger partial charge in [0, 0.05) is 25.3 Å². The third-order valence-electron chi connectivity index (χ3n) is 4.27. The van der Waals surface area contributed by atoms with Crippen molar-refractivity contribution in [2.24, 2.45) is 5.92 Å². The van der Waals surface area contributed by atoms with Crippen LogP contribution in [-0.4, -0.2) is 58.1 Å². The van der Waals surface area contributed by atoms with Crippen LogP contribution in [0.1, 0.15) is 32.3 Å². The van der Waals surface area contributed by atoms with Gasteiger partial charge in [0.25, 0.3) is 0 Å². The summed E-state index contributed by atoms with van der Waals surface area (Å²) in [7, 11) is 0. The summed E-state index contributed by atoms with van der Waals surface area (Å²) >= 11 is 0. The summed E-state index contributed by atoms with van der Waals surface area (Å²) in [5.74, 6) is 0.842. The molecule has 2 rings (SSSR count). The van der Waals surface area contributed by atoms with Crippen LogP contribution in [0.5, 0.6) is 0 Å². The molecule has 21 heavy (non-hydrogen) atoms. The second kappa shape index (κ2) is 7.92. The van der Waals surface area contributed by atoms with Gasteiger partial charge in [0.05, 0.1) is 18.8 Å². The molecule has 0 aromatic carbocycles. The number of likely N-dealkylation sites (tertiary alicyclic amines) is 1. The first-order valence-corrected chi connectivity index (χ1v) is 8.16. The van der Waals surface area contributed by atoms with Gasteiger partial charge in [-0.1, -0.05) is 6.92 Å². The first-order chi connectivity index (χ1) is 10.0. The van der Waals surface area contributed by atoms with Gasteiger partial charge < -0.3 is 15.3 Å². The number of nitrogens with one attached hydrogen (secondary N) is 1. The first kappa shape index (κ1) is 16.5. The van der Waals surface area contributed by atoms with Gasteiger partial charge in [-0.15, -0.1) is 0 Å². The van der Waals surface area contributed by atoms with E-state index in [0.29, 0.717) is 12.6 Å². The minimum absolute atomic E-state index is 0.291. The van der Waals surface area contributed by atoms with Gasteiger partial charge in [0.15, 0.2) is 0 Å². The van der Waals surface area contributed by atoms with Crippen LogP contribution >= 0.6 is 0 Å². The van der Waals surface area contributed by atoms with Crippen molar-refractivity contribution in [3.8, 4) is 0 Å². The average Bonchev–Trinajstić information content (AvgIpc) is 2.84. The summed E-state index contributed by atoms with van der Waals surface area (Å²) in [6.07, 6.45) is 6.15. The topological polar surface area (TPSA) is 53.3 Å². The standard InChI is InChI=1S/C16H30N4O/c1-13-4-6-19(7-5-13)12-16(21)9-17-15(3)11-20-10-14(2)8-18-20/h8,10,13,15-17,21H,4-7,9,11-12H2,1-3H3/t15-,16-/m0/s1. The van der Waals surface area contributed by atoms with Gasteiger partial charge in [-0.2, -0.15) is 5.10 Å². The zero-order chi connectivity index (χ0) is 15.2. The Morgan fingerprint density at radius 3 is 2.71 bits per heavy atom. The van der Waals surface area contributed by atoms with Crippen LogP contribution in [0, 0.1) is 12.8 Å². The number of hydrogen-bond donors (Lipinski definition) is 2. The molecule has 2 heterocycles. The SMILES string of the molecule is Cc1cnn(C[C@H](C)NC[C@H](O)CN2CCC(C)CC2)c1. The maximum atomic E-state index is 10.2. The molecule has 0 bridgehead atoms. The maximum Gasteiger partial charge on any atom is 0.0791 e. The van der Waals surface area contributed by atoms with Crippen LogP contribution in [-0.2, 0) is 6.54 Å². The summed E-state index contributed by atoms with van der Waals surface area (Å²) in [6, 6.07) is 0.306. The number of β-amino-alcohol motifs (C(OH)–C–C–N with tert-alkyl or cyclic N) is 1. The Hall–Kier alpha value is -0.910. The zero-order valence-corrected chi connectivity index (χ0v) is 13.6. The molecule has 2 atom stereocenters. The monoisotopic (exact) mass is 294 g/mol. The number of rotatable bonds is 7. The Morgan fingerprint density at radius 2 is 2.10 bits per heavy atom. The second-order valence-electron chi connectivity index (χ2n) is 6.69. The lowest BCUT2D eigenvalue weighted by Crippen LogP contribution is -2.44. The summed E-state index contributed by atoms with van der Waals surface area (Å²) in [5, 5.41) is 17.9. The van der Waals surface area contributed by atoms with Crippen LogP contribution in [0.3, 0.4) is 0 Å². The number of aliphatic hydroxyl groups excluding tert-OH is 1. The van der Waals surface area contributed by atoms with Crippen LogP contribution < -0.4 is 5.32 Å². The molecule has 0 spiro atoms. The summed E-state index contributed by atoms with van der Waals surface area (Å²) < 4.78 is 1.95.